The molecule has 0 radical (unpaired) electrons. The lowest BCUT2D eigenvalue weighted by Gasteiger charge is -2.49. The molecule has 0 bridgehead atoms. The summed E-state index contributed by atoms with van der Waals surface area (Å²) in [6.45, 7) is 0.150. The Kier molecular flexibility index (Phi) is 5.66. The second kappa shape index (κ2) is 8.91. The van der Waals surface area contributed by atoms with Crippen molar-refractivity contribution in [3.8, 4) is 0 Å². The highest BCUT2D eigenvalue weighted by Gasteiger charge is 2.59. The molecule has 1 saturated carbocycles. The summed E-state index contributed by atoms with van der Waals surface area (Å²) in [5, 5.41) is 12.2. The summed E-state index contributed by atoms with van der Waals surface area (Å²) in [5.41, 5.74) is 2.64. The Bertz CT molecular complexity index is 1230. The topological polar surface area (TPSA) is 63.6 Å². The highest BCUT2D eigenvalue weighted by Crippen LogP contribution is 2.58. The smallest absolute Gasteiger partial charge is 0.310 e. The van der Waals surface area contributed by atoms with Gasteiger partial charge in [-0.3, -0.25) is 9.59 Å². The van der Waals surface area contributed by atoms with E-state index < -0.39 is 29.6 Å². The van der Waals surface area contributed by atoms with Crippen LogP contribution in [0.1, 0.15) is 28.5 Å². The molecule has 0 saturated heterocycles. The van der Waals surface area contributed by atoms with Gasteiger partial charge >= 0.3 is 11.9 Å². The van der Waals surface area contributed by atoms with Crippen molar-refractivity contribution in [3.05, 3.63) is 120 Å². The number of carbonyl (C=O) groups excluding carboxylic acids is 1. The van der Waals surface area contributed by atoms with Gasteiger partial charge in [-0.05, 0) is 27.5 Å². The number of carbonyl (C=O) groups is 2. The van der Waals surface area contributed by atoms with Crippen molar-refractivity contribution in [3.63, 3.8) is 0 Å². The van der Waals surface area contributed by atoms with Crippen LogP contribution in [0.2, 0.25) is 0 Å². The zero-order chi connectivity index (χ0) is 22.8. The van der Waals surface area contributed by atoms with Crippen molar-refractivity contribution in [1.29, 1.82) is 0 Å². The van der Waals surface area contributed by atoms with Gasteiger partial charge in [0.1, 0.15) is 6.61 Å². The van der Waals surface area contributed by atoms with Gasteiger partial charge in [0.05, 0.1) is 11.8 Å². The number of aliphatic carboxylic acids is 1. The van der Waals surface area contributed by atoms with Gasteiger partial charge in [0.15, 0.2) is 0 Å². The molecule has 4 aromatic rings. The molecule has 4 nitrogen and oxygen atoms in total. The van der Waals surface area contributed by atoms with E-state index >= 15 is 0 Å². The number of hydrogen-bond acceptors (Lipinski definition) is 3. The number of ether oxygens (including phenoxy) is 1. The first-order valence-corrected chi connectivity index (χ1v) is 11.1. The normalized spacial score (nSPS) is 21.8. The Labute approximate surface area is 192 Å². The van der Waals surface area contributed by atoms with Crippen molar-refractivity contribution >= 4 is 22.7 Å². The molecule has 1 aliphatic carbocycles. The first kappa shape index (κ1) is 21.0. The molecule has 164 valence electrons. The Morgan fingerprint density at radius 1 is 0.667 bits per heavy atom. The van der Waals surface area contributed by atoms with Crippen LogP contribution in [0.25, 0.3) is 10.8 Å². The summed E-state index contributed by atoms with van der Waals surface area (Å²) in [7, 11) is 0. The second-order valence-corrected chi connectivity index (χ2v) is 8.51. The second-order valence-electron chi connectivity index (χ2n) is 8.51. The van der Waals surface area contributed by atoms with Gasteiger partial charge in [-0.2, -0.15) is 0 Å². The first-order chi connectivity index (χ1) is 16.1. The molecule has 0 spiro atoms. The van der Waals surface area contributed by atoms with Gasteiger partial charge in [-0.25, -0.2) is 0 Å². The number of rotatable bonds is 6. The van der Waals surface area contributed by atoms with E-state index in [-0.39, 0.29) is 12.6 Å². The van der Waals surface area contributed by atoms with Crippen molar-refractivity contribution in [2.75, 3.05) is 0 Å². The number of benzene rings is 4. The molecule has 5 rings (SSSR count). The summed E-state index contributed by atoms with van der Waals surface area (Å²) in [5.74, 6) is -3.38. The maximum Gasteiger partial charge on any atom is 0.310 e. The molecule has 4 aromatic carbocycles. The van der Waals surface area contributed by atoms with Crippen LogP contribution in [-0.2, 0) is 20.9 Å². The van der Waals surface area contributed by atoms with E-state index in [1.54, 1.807) is 0 Å². The van der Waals surface area contributed by atoms with Crippen molar-refractivity contribution in [2.45, 2.75) is 18.4 Å². The fourth-order valence-electron chi connectivity index (χ4n) is 5.19. The standard InChI is InChI=1S/C29H24O4/c30-28(31)26-24(20-11-3-1-4-12-20)27(25(26)21-13-5-2-6-14-21)29(32)33-18-22-16-9-15-19-10-7-8-17-23(19)22/h1-17,24-27H,18H2,(H,30,31)/t24-,25?,26?,27?/m1/s1. The predicted octanol–water partition coefficient (Wildman–Crippen LogP) is 5.78. The summed E-state index contributed by atoms with van der Waals surface area (Å²) < 4.78 is 5.84. The van der Waals surface area contributed by atoms with Gasteiger partial charge in [-0.15, -0.1) is 0 Å². The molecule has 33 heavy (non-hydrogen) atoms. The van der Waals surface area contributed by atoms with E-state index in [2.05, 4.69) is 0 Å². The van der Waals surface area contributed by atoms with E-state index in [1.165, 1.54) is 0 Å². The molecule has 0 heterocycles. The average molecular weight is 437 g/mol. The monoisotopic (exact) mass is 436 g/mol. The zero-order valence-electron chi connectivity index (χ0n) is 18.0. The minimum atomic E-state index is -0.893. The highest BCUT2D eigenvalue weighted by molar-refractivity contribution is 5.87. The average Bonchev–Trinajstić information content (AvgIpc) is 2.83. The molecule has 1 aliphatic rings. The molecule has 0 amide bonds. The molecular weight excluding hydrogens is 412 g/mol. The summed E-state index contributed by atoms with van der Waals surface area (Å²) in [4.78, 5) is 25.7. The van der Waals surface area contributed by atoms with Gasteiger partial charge in [-0.1, -0.05) is 103 Å². The quantitative estimate of drug-likeness (QED) is 0.389. The molecule has 4 atom stereocenters. The SMILES string of the molecule is O=C(O)C1C(c2ccccc2)C(C(=O)OCc2cccc3ccccc23)[C@@H]1c1ccccc1. The first-order valence-electron chi connectivity index (χ1n) is 11.1. The largest absolute Gasteiger partial charge is 0.481 e. The molecule has 1 N–H and O–H groups in total. The summed E-state index contributed by atoms with van der Waals surface area (Å²) in [6, 6.07) is 32.8. The molecule has 1 fully saturated rings. The zero-order valence-corrected chi connectivity index (χ0v) is 18.0. The lowest BCUT2D eigenvalue weighted by Crippen LogP contribution is -2.51. The number of fused-ring (bicyclic) bond motifs is 1. The molecular formula is C29H24O4. The summed E-state index contributed by atoms with van der Waals surface area (Å²) in [6.07, 6.45) is 0. The maximum absolute atomic E-state index is 13.5. The van der Waals surface area contributed by atoms with E-state index in [1.807, 2.05) is 103 Å². The van der Waals surface area contributed by atoms with Gasteiger partial charge in [0, 0.05) is 11.8 Å². The lowest BCUT2D eigenvalue weighted by atomic mass is 9.52. The van der Waals surface area contributed by atoms with Crippen molar-refractivity contribution in [2.24, 2.45) is 11.8 Å². The number of esters is 1. The van der Waals surface area contributed by atoms with Crippen LogP contribution in [-0.4, -0.2) is 17.0 Å². The molecule has 3 unspecified atom stereocenters. The van der Waals surface area contributed by atoms with Crippen LogP contribution in [0.3, 0.4) is 0 Å². The van der Waals surface area contributed by atoms with E-state index in [0.717, 1.165) is 27.5 Å². The lowest BCUT2D eigenvalue weighted by molar-refractivity contribution is -0.165. The predicted molar refractivity (Wildman–Crippen MR) is 127 cm³/mol. The fraction of sp³-hybridized carbons (Fsp3) is 0.172. The molecule has 4 heteroatoms. The minimum Gasteiger partial charge on any atom is -0.481 e. The van der Waals surface area contributed by atoms with Crippen LogP contribution >= 0.6 is 0 Å². The molecule has 0 aliphatic heterocycles. The maximum atomic E-state index is 13.5. The van der Waals surface area contributed by atoms with E-state index in [4.69, 9.17) is 4.74 Å². The highest BCUT2D eigenvalue weighted by atomic mass is 16.5. The van der Waals surface area contributed by atoms with Crippen LogP contribution in [0.4, 0.5) is 0 Å². The fourth-order valence-corrected chi connectivity index (χ4v) is 5.19. The van der Waals surface area contributed by atoms with Crippen LogP contribution < -0.4 is 0 Å². The third kappa shape index (κ3) is 3.89. The van der Waals surface area contributed by atoms with Crippen LogP contribution in [0.5, 0.6) is 0 Å². The van der Waals surface area contributed by atoms with E-state index in [9.17, 15) is 14.7 Å². The van der Waals surface area contributed by atoms with Crippen LogP contribution in [0, 0.1) is 11.8 Å². The Hall–Kier alpha value is -3.92. The third-order valence-corrected chi connectivity index (χ3v) is 6.72. The Balaban J connectivity index is 1.47. The number of hydrogen-bond donors (Lipinski definition) is 1. The molecule has 0 aromatic heterocycles. The van der Waals surface area contributed by atoms with Gasteiger partial charge in [0.2, 0.25) is 0 Å². The Morgan fingerprint density at radius 2 is 1.21 bits per heavy atom. The van der Waals surface area contributed by atoms with Gasteiger partial charge < -0.3 is 9.84 Å². The number of carboxylic acid groups (broad SMARTS) is 1. The third-order valence-electron chi connectivity index (χ3n) is 6.72. The van der Waals surface area contributed by atoms with Crippen molar-refractivity contribution in [1.82, 2.24) is 0 Å². The van der Waals surface area contributed by atoms with Crippen LogP contribution in [0.15, 0.2) is 103 Å². The van der Waals surface area contributed by atoms with Crippen molar-refractivity contribution < 1.29 is 19.4 Å². The van der Waals surface area contributed by atoms with E-state index in [0.29, 0.717) is 0 Å². The van der Waals surface area contributed by atoms with Gasteiger partial charge in [0.25, 0.3) is 0 Å². The Morgan fingerprint density at radius 3 is 1.82 bits per heavy atom. The minimum absolute atomic E-state index is 0.150. The number of carboxylic acids is 1. The summed E-state index contributed by atoms with van der Waals surface area (Å²) >= 11 is 0.